The Morgan fingerprint density at radius 2 is 1.76 bits per heavy atom. The summed E-state index contributed by atoms with van der Waals surface area (Å²) in [4.78, 5) is 26.3. The molecule has 1 aromatic carbocycles. The Labute approximate surface area is 149 Å². The fraction of sp³-hybridized carbons (Fsp3) is 0.579. The van der Waals surface area contributed by atoms with E-state index < -0.39 is 0 Å². The number of nitrogens with zero attached hydrogens (tertiary/aromatic N) is 1. The lowest BCUT2D eigenvalue weighted by Gasteiger charge is -2.26. The summed E-state index contributed by atoms with van der Waals surface area (Å²) in [5.74, 6) is -0.267. The smallest absolute Gasteiger partial charge is 0.239 e. The minimum Gasteiger partial charge on any atom is -0.379 e. The average molecular weight is 347 g/mol. The first-order valence-electron chi connectivity index (χ1n) is 8.86. The molecule has 6 heteroatoms. The van der Waals surface area contributed by atoms with Crippen molar-refractivity contribution in [3.05, 3.63) is 35.9 Å². The first-order valence-corrected chi connectivity index (χ1v) is 8.86. The molecule has 0 unspecified atom stereocenters. The number of hydrogen-bond donors (Lipinski definition) is 2. The third kappa shape index (κ3) is 6.84. The van der Waals surface area contributed by atoms with Gasteiger partial charge in [0.2, 0.25) is 11.8 Å². The molecule has 1 fully saturated rings. The molecular formula is C19H29N3O3. The van der Waals surface area contributed by atoms with Crippen LogP contribution in [0.25, 0.3) is 0 Å². The maximum absolute atomic E-state index is 12.1. The van der Waals surface area contributed by atoms with E-state index in [0.717, 1.165) is 38.4 Å². The second-order valence-electron chi connectivity index (χ2n) is 7.01. The van der Waals surface area contributed by atoms with Crippen molar-refractivity contribution in [3.8, 4) is 0 Å². The van der Waals surface area contributed by atoms with Crippen LogP contribution in [-0.4, -0.2) is 62.7 Å². The van der Waals surface area contributed by atoms with Crippen molar-refractivity contribution in [2.24, 2.45) is 0 Å². The predicted octanol–water partition coefficient (Wildman–Crippen LogP) is 0.919. The molecule has 1 heterocycles. The van der Waals surface area contributed by atoms with Gasteiger partial charge in [0.1, 0.15) is 0 Å². The van der Waals surface area contributed by atoms with Crippen LogP contribution < -0.4 is 10.6 Å². The van der Waals surface area contributed by atoms with Crippen LogP contribution in [0, 0.1) is 0 Å². The van der Waals surface area contributed by atoms with Crippen LogP contribution in [0.1, 0.15) is 25.8 Å². The number of rotatable bonds is 8. The summed E-state index contributed by atoms with van der Waals surface area (Å²) >= 11 is 0. The van der Waals surface area contributed by atoms with Crippen LogP contribution in [0.5, 0.6) is 0 Å². The summed E-state index contributed by atoms with van der Waals surface area (Å²) in [5.41, 5.74) is 0.845. The number of carbonyl (C=O) groups is 2. The van der Waals surface area contributed by atoms with E-state index in [1.807, 2.05) is 44.2 Å². The van der Waals surface area contributed by atoms with Gasteiger partial charge in [-0.2, -0.15) is 0 Å². The highest BCUT2D eigenvalue weighted by Crippen LogP contribution is 2.26. The van der Waals surface area contributed by atoms with Gasteiger partial charge in [-0.05, 0) is 11.0 Å². The van der Waals surface area contributed by atoms with E-state index in [4.69, 9.17) is 4.74 Å². The largest absolute Gasteiger partial charge is 0.379 e. The monoisotopic (exact) mass is 347 g/mol. The standard InChI is InChI=1S/C19H29N3O3/c1-19(2,16-6-4-3-5-7-16)14-17(23)21-15-18(24)20-8-9-22-10-12-25-13-11-22/h3-7H,8-15H2,1-2H3,(H,20,24)(H,21,23). The number of carbonyl (C=O) groups excluding carboxylic acids is 2. The Morgan fingerprint density at radius 3 is 2.44 bits per heavy atom. The Bertz CT molecular complexity index is 554. The third-order valence-electron chi connectivity index (χ3n) is 4.46. The summed E-state index contributed by atoms with van der Waals surface area (Å²) in [6.45, 7) is 8.79. The molecule has 25 heavy (non-hydrogen) atoms. The van der Waals surface area contributed by atoms with Crippen molar-refractivity contribution in [2.45, 2.75) is 25.7 Å². The fourth-order valence-electron chi connectivity index (χ4n) is 2.87. The van der Waals surface area contributed by atoms with Gasteiger partial charge in [0.25, 0.3) is 0 Å². The van der Waals surface area contributed by atoms with E-state index in [0.29, 0.717) is 13.0 Å². The van der Waals surface area contributed by atoms with Crippen molar-refractivity contribution < 1.29 is 14.3 Å². The van der Waals surface area contributed by atoms with E-state index in [9.17, 15) is 9.59 Å². The maximum atomic E-state index is 12.1. The van der Waals surface area contributed by atoms with Gasteiger partial charge in [0.15, 0.2) is 0 Å². The Hall–Kier alpha value is -1.92. The normalized spacial score (nSPS) is 15.6. The molecule has 0 spiro atoms. The lowest BCUT2D eigenvalue weighted by molar-refractivity contribution is -0.126. The van der Waals surface area contributed by atoms with Crippen LogP contribution in [0.4, 0.5) is 0 Å². The van der Waals surface area contributed by atoms with Gasteiger partial charge >= 0.3 is 0 Å². The average Bonchev–Trinajstić information content (AvgIpc) is 2.61. The maximum Gasteiger partial charge on any atom is 0.239 e. The summed E-state index contributed by atoms with van der Waals surface area (Å²) in [7, 11) is 0. The molecule has 0 atom stereocenters. The zero-order valence-electron chi connectivity index (χ0n) is 15.2. The molecule has 0 aliphatic carbocycles. The molecule has 2 N–H and O–H groups in total. The van der Waals surface area contributed by atoms with Gasteiger partial charge in [0.05, 0.1) is 19.8 Å². The van der Waals surface area contributed by atoms with E-state index in [-0.39, 0.29) is 23.8 Å². The molecule has 0 radical (unpaired) electrons. The van der Waals surface area contributed by atoms with E-state index in [2.05, 4.69) is 15.5 Å². The molecule has 0 aromatic heterocycles. The van der Waals surface area contributed by atoms with Gasteiger partial charge in [-0.3, -0.25) is 14.5 Å². The Balaban J connectivity index is 1.64. The number of morpholine rings is 1. The summed E-state index contributed by atoms with van der Waals surface area (Å²) in [6, 6.07) is 9.94. The second-order valence-corrected chi connectivity index (χ2v) is 7.01. The predicted molar refractivity (Wildman–Crippen MR) is 97.4 cm³/mol. The minimum absolute atomic E-state index is 0.0206. The third-order valence-corrected chi connectivity index (χ3v) is 4.46. The molecular weight excluding hydrogens is 318 g/mol. The Kier molecular flexibility index (Phi) is 7.40. The van der Waals surface area contributed by atoms with Crippen LogP contribution in [0.15, 0.2) is 30.3 Å². The molecule has 138 valence electrons. The van der Waals surface area contributed by atoms with Crippen LogP contribution in [-0.2, 0) is 19.7 Å². The topological polar surface area (TPSA) is 70.7 Å². The lowest BCUT2D eigenvalue weighted by atomic mass is 9.81. The second kappa shape index (κ2) is 9.53. The quantitative estimate of drug-likeness (QED) is 0.734. The minimum atomic E-state index is -0.266. The molecule has 2 rings (SSSR count). The van der Waals surface area contributed by atoms with Crippen molar-refractivity contribution >= 4 is 11.8 Å². The molecule has 0 bridgehead atoms. The van der Waals surface area contributed by atoms with Crippen molar-refractivity contribution in [1.82, 2.24) is 15.5 Å². The van der Waals surface area contributed by atoms with E-state index >= 15 is 0 Å². The number of ether oxygens (including phenoxy) is 1. The summed E-state index contributed by atoms with van der Waals surface area (Å²) < 4.78 is 5.29. The molecule has 1 aliphatic heterocycles. The first kappa shape index (κ1) is 19.4. The number of amides is 2. The van der Waals surface area contributed by atoms with Crippen molar-refractivity contribution in [3.63, 3.8) is 0 Å². The van der Waals surface area contributed by atoms with Gasteiger partial charge in [-0.25, -0.2) is 0 Å². The molecule has 6 nitrogen and oxygen atoms in total. The van der Waals surface area contributed by atoms with Crippen LogP contribution in [0.2, 0.25) is 0 Å². The van der Waals surface area contributed by atoms with E-state index in [1.54, 1.807) is 0 Å². The van der Waals surface area contributed by atoms with Gasteiger partial charge in [-0.1, -0.05) is 44.2 Å². The van der Waals surface area contributed by atoms with Crippen molar-refractivity contribution in [2.75, 3.05) is 45.9 Å². The van der Waals surface area contributed by atoms with Crippen LogP contribution in [0.3, 0.4) is 0 Å². The Morgan fingerprint density at radius 1 is 1.08 bits per heavy atom. The highest BCUT2D eigenvalue weighted by atomic mass is 16.5. The SMILES string of the molecule is CC(C)(CC(=O)NCC(=O)NCCN1CCOCC1)c1ccccc1. The zero-order chi connectivity index (χ0) is 18.1. The number of benzene rings is 1. The molecule has 2 amide bonds. The van der Waals surface area contributed by atoms with E-state index in [1.165, 1.54) is 0 Å². The van der Waals surface area contributed by atoms with Crippen molar-refractivity contribution in [1.29, 1.82) is 0 Å². The summed E-state index contributed by atoms with van der Waals surface area (Å²) in [6.07, 6.45) is 0.345. The molecule has 1 saturated heterocycles. The molecule has 0 saturated carbocycles. The lowest BCUT2D eigenvalue weighted by Crippen LogP contribution is -2.44. The number of hydrogen-bond acceptors (Lipinski definition) is 4. The van der Waals surface area contributed by atoms with Gasteiger partial charge in [-0.15, -0.1) is 0 Å². The van der Waals surface area contributed by atoms with Crippen LogP contribution >= 0.6 is 0 Å². The zero-order valence-corrected chi connectivity index (χ0v) is 15.2. The number of nitrogens with one attached hydrogen (secondary N) is 2. The molecule has 1 aromatic rings. The molecule has 1 aliphatic rings. The highest BCUT2D eigenvalue weighted by Gasteiger charge is 2.24. The van der Waals surface area contributed by atoms with Gasteiger partial charge < -0.3 is 15.4 Å². The van der Waals surface area contributed by atoms with Gasteiger partial charge in [0, 0.05) is 32.6 Å². The first-order chi connectivity index (χ1) is 12.0. The highest BCUT2D eigenvalue weighted by molar-refractivity contribution is 5.85. The summed E-state index contributed by atoms with van der Waals surface area (Å²) in [5, 5.41) is 5.56. The fourth-order valence-corrected chi connectivity index (χ4v) is 2.87.